The van der Waals surface area contributed by atoms with Crippen LogP contribution in [0, 0.1) is 13.8 Å². The van der Waals surface area contributed by atoms with Gasteiger partial charge in [0, 0.05) is 25.2 Å². The van der Waals surface area contributed by atoms with Crippen LogP contribution >= 0.6 is 0 Å². The number of anilines is 1. The maximum Gasteiger partial charge on any atom is 0.257 e. The summed E-state index contributed by atoms with van der Waals surface area (Å²) < 4.78 is 8.80. The van der Waals surface area contributed by atoms with E-state index in [2.05, 4.69) is 44.1 Å². The Morgan fingerprint density at radius 3 is 2.71 bits per heavy atom. The van der Waals surface area contributed by atoms with Crippen molar-refractivity contribution < 1.29 is 9.22 Å². The summed E-state index contributed by atoms with van der Waals surface area (Å²) in [6.07, 6.45) is 1.25. The second-order valence-electron chi connectivity index (χ2n) is 7.83. The topological polar surface area (TPSA) is 55.8 Å². The lowest BCUT2D eigenvalue weighted by molar-refractivity contribution is -0.893. The molecule has 132 valence electrons. The molecule has 3 heterocycles. The predicted molar refractivity (Wildman–Crippen MR) is 97.5 cm³/mol. The molecule has 1 aliphatic rings. The van der Waals surface area contributed by atoms with Crippen molar-refractivity contribution in [3.63, 3.8) is 0 Å². The number of nitrogen functional groups attached to an aromatic ring is 1. The Morgan fingerprint density at radius 2 is 2.04 bits per heavy atom. The fraction of sp³-hybridized carbons (Fsp3) is 0.611. The van der Waals surface area contributed by atoms with Crippen LogP contribution < -0.4 is 10.5 Å². The first-order valence-electron chi connectivity index (χ1n) is 8.68. The molecule has 1 saturated heterocycles. The van der Waals surface area contributed by atoms with Gasteiger partial charge in [0.2, 0.25) is 0 Å². The van der Waals surface area contributed by atoms with Gasteiger partial charge in [0.1, 0.15) is 18.3 Å². The minimum absolute atomic E-state index is 0.547. The second-order valence-corrected chi connectivity index (χ2v) is 7.83. The molecule has 1 unspecified atom stereocenters. The first-order valence-corrected chi connectivity index (χ1v) is 8.68. The molecule has 0 aromatic carbocycles. The number of quaternary nitrogens is 1. The van der Waals surface area contributed by atoms with Crippen LogP contribution in [-0.4, -0.2) is 72.4 Å². The number of rotatable bonds is 5. The lowest BCUT2D eigenvalue weighted by Gasteiger charge is -2.31. The third kappa shape index (κ3) is 3.21. The monoisotopic (exact) mass is 332 g/mol. The molecule has 1 aliphatic heterocycles. The number of fused-ring (bicyclic) bond motifs is 1. The Kier molecular flexibility index (Phi) is 4.44. The summed E-state index contributed by atoms with van der Waals surface area (Å²) in [6, 6.07) is 4.78. The van der Waals surface area contributed by atoms with Crippen LogP contribution in [-0.2, 0) is 0 Å². The van der Waals surface area contributed by atoms with Gasteiger partial charge in [0.25, 0.3) is 5.88 Å². The molecule has 0 radical (unpaired) electrons. The number of nitrogens with two attached hydrogens (primary N) is 1. The molecule has 2 aromatic heterocycles. The molecule has 0 amide bonds. The van der Waals surface area contributed by atoms with Crippen LogP contribution in [0.5, 0.6) is 5.88 Å². The van der Waals surface area contributed by atoms with Gasteiger partial charge in [0.05, 0.1) is 33.2 Å². The van der Waals surface area contributed by atoms with E-state index in [1.165, 1.54) is 12.0 Å². The van der Waals surface area contributed by atoms with Crippen LogP contribution in [0.1, 0.15) is 17.7 Å². The van der Waals surface area contributed by atoms with Gasteiger partial charge in [-0.25, -0.2) is 4.52 Å². The number of hydrogen-bond donors (Lipinski definition) is 1. The van der Waals surface area contributed by atoms with E-state index in [1.807, 2.05) is 17.5 Å². The van der Waals surface area contributed by atoms with Crippen LogP contribution in [0.25, 0.3) is 5.52 Å². The van der Waals surface area contributed by atoms with Crippen molar-refractivity contribution in [1.82, 2.24) is 14.5 Å². The summed E-state index contributed by atoms with van der Waals surface area (Å²) in [7, 11) is 6.81. The minimum Gasteiger partial charge on any atom is -0.474 e. The fourth-order valence-corrected chi connectivity index (χ4v) is 3.36. The van der Waals surface area contributed by atoms with Gasteiger partial charge in [-0.3, -0.25) is 4.90 Å². The quantitative estimate of drug-likeness (QED) is 0.847. The summed E-state index contributed by atoms with van der Waals surface area (Å²) in [5.41, 5.74) is 10.0. The lowest BCUT2D eigenvalue weighted by atomic mass is 10.2. The van der Waals surface area contributed by atoms with E-state index in [1.54, 1.807) is 0 Å². The highest BCUT2D eigenvalue weighted by Gasteiger charge is 2.31. The molecule has 0 saturated carbocycles. The Morgan fingerprint density at radius 1 is 1.29 bits per heavy atom. The lowest BCUT2D eigenvalue weighted by Crippen LogP contribution is -2.46. The largest absolute Gasteiger partial charge is 0.474 e. The number of likely N-dealkylation sites (N-methyl/N-ethyl adjacent to an activating group) is 1. The maximum absolute atomic E-state index is 6.21. The van der Waals surface area contributed by atoms with E-state index in [9.17, 15) is 0 Å². The summed E-state index contributed by atoms with van der Waals surface area (Å²) in [5, 5.41) is 4.54. The average Bonchev–Trinajstić information content (AvgIpc) is 3.10. The maximum atomic E-state index is 6.21. The van der Waals surface area contributed by atoms with Crippen molar-refractivity contribution in [3.8, 4) is 5.88 Å². The number of aryl methyl sites for hydroxylation is 2. The zero-order chi connectivity index (χ0) is 17.5. The zero-order valence-electron chi connectivity index (χ0n) is 15.5. The zero-order valence-corrected chi connectivity index (χ0v) is 15.5. The normalized spacial score (nSPS) is 19.3. The molecule has 3 rings (SSSR count). The number of pyridine rings is 1. The molecule has 6 heteroatoms. The summed E-state index contributed by atoms with van der Waals surface area (Å²) >= 11 is 0. The Bertz CT molecular complexity index is 731. The van der Waals surface area contributed by atoms with Crippen molar-refractivity contribution in [3.05, 3.63) is 23.4 Å². The summed E-state index contributed by atoms with van der Waals surface area (Å²) in [4.78, 5) is 2.47. The number of likely N-dealkylation sites (tertiary alicyclic amines) is 1. The van der Waals surface area contributed by atoms with E-state index in [0.29, 0.717) is 24.2 Å². The molecule has 6 nitrogen and oxygen atoms in total. The van der Waals surface area contributed by atoms with Crippen LogP contribution in [0.4, 0.5) is 5.69 Å². The van der Waals surface area contributed by atoms with E-state index >= 15 is 0 Å². The van der Waals surface area contributed by atoms with Crippen LogP contribution in [0.15, 0.2) is 12.1 Å². The van der Waals surface area contributed by atoms with Crippen molar-refractivity contribution in [1.29, 1.82) is 0 Å². The molecular weight excluding hydrogens is 302 g/mol. The number of hydrogen-bond acceptors (Lipinski definition) is 4. The van der Waals surface area contributed by atoms with Gasteiger partial charge < -0.3 is 15.0 Å². The first-order chi connectivity index (χ1) is 11.3. The van der Waals surface area contributed by atoms with E-state index in [0.717, 1.165) is 35.3 Å². The highest BCUT2D eigenvalue weighted by molar-refractivity contribution is 5.75. The average molecular weight is 332 g/mol. The van der Waals surface area contributed by atoms with Gasteiger partial charge in [-0.15, -0.1) is 5.10 Å². The summed E-state index contributed by atoms with van der Waals surface area (Å²) in [5.74, 6) is 0.547. The van der Waals surface area contributed by atoms with Crippen molar-refractivity contribution >= 4 is 11.2 Å². The van der Waals surface area contributed by atoms with Crippen LogP contribution in [0.2, 0.25) is 0 Å². The highest BCUT2D eigenvalue weighted by atomic mass is 16.5. The predicted octanol–water partition coefficient (Wildman–Crippen LogP) is 1.69. The Hall–Kier alpha value is -1.79. The minimum atomic E-state index is 0.547. The molecular formula is C18H30N5O+. The van der Waals surface area contributed by atoms with Gasteiger partial charge in [0.15, 0.2) is 0 Å². The Balaban J connectivity index is 1.61. The second kappa shape index (κ2) is 6.26. The van der Waals surface area contributed by atoms with Gasteiger partial charge in [-0.1, -0.05) is 6.07 Å². The highest BCUT2D eigenvalue weighted by Crippen LogP contribution is 2.27. The molecule has 0 aliphatic carbocycles. The number of ether oxygens (including phenoxy) is 1. The van der Waals surface area contributed by atoms with Crippen molar-refractivity contribution in [2.75, 3.05) is 53.1 Å². The SMILES string of the molecule is Cc1ccc2c(N)c(OCCN3CCC([N+](C)(C)C)C3)nn2c1C. The molecule has 24 heavy (non-hydrogen) atoms. The van der Waals surface area contributed by atoms with Crippen LogP contribution in [0.3, 0.4) is 0 Å². The van der Waals surface area contributed by atoms with E-state index < -0.39 is 0 Å². The number of nitrogens with zero attached hydrogens (tertiary/aromatic N) is 4. The van der Waals surface area contributed by atoms with E-state index in [-0.39, 0.29) is 0 Å². The van der Waals surface area contributed by atoms with Gasteiger partial charge in [-0.05, 0) is 25.5 Å². The third-order valence-electron chi connectivity index (χ3n) is 5.29. The molecule has 1 fully saturated rings. The standard InChI is InChI=1S/C18H30N5O/c1-13-6-7-16-17(19)18(20-22(16)14(13)2)24-11-10-21-9-8-15(12-21)23(3,4)5/h6-7,15H,8-12,19H2,1-5H3/q+1. The molecule has 2 N–H and O–H groups in total. The van der Waals surface area contributed by atoms with Gasteiger partial charge in [-0.2, -0.15) is 0 Å². The van der Waals surface area contributed by atoms with Crippen molar-refractivity contribution in [2.45, 2.75) is 26.3 Å². The van der Waals surface area contributed by atoms with Crippen molar-refractivity contribution in [2.24, 2.45) is 0 Å². The number of aromatic nitrogens is 2. The van der Waals surface area contributed by atoms with Gasteiger partial charge >= 0.3 is 0 Å². The molecule has 1 atom stereocenters. The molecule has 0 bridgehead atoms. The fourth-order valence-electron chi connectivity index (χ4n) is 3.36. The first kappa shape index (κ1) is 17.0. The molecule has 0 spiro atoms. The third-order valence-corrected chi connectivity index (χ3v) is 5.29. The van der Waals surface area contributed by atoms with E-state index in [4.69, 9.17) is 10.5 Å². The smallest absolute Gasteiger partial charge is 0.257 e. The molecule has 2 aromatic rings. The summed E-state index contributed by atoms with van der Waals surface area (Å²) in [6.45, 7) is 7.93. The Labute approximate surface area is 144 Å².